The molecule has 0 aliphatic carbocycles. The van der Waals surface area contributed by atoms with Crippen LogP contribution in [-0.2, 0) is 14.3 Å². The summed E-state index contributed by atoms with van der Waals surface area (Å²) in [6, 6.07) is 6.97. The highest BCUT2D eigenvalue weighted by Crippen LogP contribution is 2.24. The Hall–Kier alpha value is -2.41. The predicted molar refractivity (Wildman–Crippen MR) is 97.0 cm³/mol. The Balaban J connectivity index is 1.69. The molecule has 1 aromatic carbocycles. The lowest BCUT2D eigenvalue weighted by Crippen LogP contribution is -2.46. The summed E-state index contributed by atoms with van der Waals surface area (Å²) < 4.78 is 5.67. The van der Waals surface area contributed by atoms with E-state index in [0.717, 1.165) is 25.9 Å². The number of para-hydroxylation sites is 1. The van der Waals surface area contributed by atoms with Gasteiger partial charge >= 0.3 is 0 Å². The van der Waals surface area contributed by atoms with Crippen LogP contribution in [0.4, 0.5) is 5.69 Å². The van der Waals surface area contributed by atoms with Gasteiger partial charge in [0.1, 0.15) is 13.1 Å². The van der Waals surface area contributed by atoms with Crippen molar-refractivity contribution in [1.82, 2.24) is 9.80 Å². The molecule has 2 aliphatic heterocycles. The number of benzene rings is 1. The van der Waals surface area contributed by atoms with E-state index in [1.807, 2.05) is 0 Å². The molecule has 1 fully saturated rings. The Morgan fingerprint density at radius 1 is 1.27 bits per heavy atom. The molecule has 0 spiro atoms. The monoisotopic (exact) mass is 359 g/mol. The van der Waals surface area contributed by atoms with Crippen LogP contribution in [0.2, 0.25) is 0 Å². The second-order valence-corrected chi connectivity index (χ2v) is 6.89. The summed E-state index contributed by atoms with van der Waals surface area (Å²) in [6.45, 7) is 1.01. The van der Waals surface area contributed by atoms with Crippen molar-refractivity contribution < 1.29 is 19.1 Å². The van der Waals surface area contributed by atoms with Gasteiger partial charge in [0, 0.05) is 27.2 Å². The van der Waals surface area contributed by atoms with E-state index in [9.17, 15) is 14.4 Å². The molecule has 2 aliphatic rings. The fraction of sp³-hybridized carbons (Fsp3) is 0.526. The second-order valence-electron chi connectivity index (χ2n) is 6.89. The maximum absolute atomic E-state index is 12.8. The highest BCUT2D eigenvalue weighted by atomic mass is 16.5. The van der Waals surface area contributed by atoms with Crippen molar-refractivity contribution in [3.05, 3.63) is 29.8 Å². The number of ether oxygens (including phenoxy) is 1. The molecule has 3 rings (SSSR count). The summed E-state index contributed by atoms with van der Waals surface area (Å²) in [4.78, 5) is 42.2. The molecule has 0 saturated carbocycles. The van der Waals surface area contributed by atoms with E-state index < -0.39 is 0 Å². The summed E-state index contributed by atoms with van der Waals surface area (Å²) in [5.74, 6) is -0.703. The van der Waals surface area contributed by atoms with E-state index in [1.165, 1.54) is 9.80 Å². The molecule has 1 aromatic rings. The third-order valence-corrected chi connectivity index (χ3v) is 4.99. The Bertz CT molecular complexity index is 700. The lowest BCUT2D eigenvalue weighted by Gasteiger charge is -2.29. The average Bonchev–Trinajstić information content (AvgIpc) is 2.74. The number of amides is 3. The van der Waals surface area contributed by atoms with E-state index in [4.69, 9.17) is 4.74 Å². The summed E-state index contributed by atoms with van der Waals surface area (Å²) in [6.07, 6.45) is 3.16. The molecule has 1 unspecified atom stereocenters. The van der Waals surface area contributed by atoms with Crippen molar-refractivity contribution in [2.45, 2.75) is 25.4 Å². The Kier molecular flexibility index (Phi) is 5.56. The first-order chi connectivity index (χ1) is 12.5. The molecule has 7 heteroatoms. The third-order valence-electron chi connectivity index (χ3n) is 4.99. The molecular weight excluding hydrogens is 334 g/mol. The number of anilines is 1. The minimum Gasteiger partial charge on any atom is -0.376 e. The van der Waals surface area contributed by atoms with Crippen LogP contribution >= 0.6 is 0 Å². The van der Waals surface area contributed by atoms with Gasteiger partial charge in [-0.3, -0.25) is 14.4 Å². The fourth-order valence-electron chi connectivity index (χ4n) is 3.36. The van der Waals surface area contributed by atoms with E-state index in [0.29, 0.717) is 17.8 Å². The molecule has 3 amide bonds. The van der Waals surface area contributed by atoms with Crippen molar-refractivity contribution in [2.75, 3.05) is 45.2 Å². The number of hydrogen-bond donors (Lipinski definition) is 0. The number of rotatable bonds is 4. The fourth-order valence-corrected chi connectivity index (χ4v) is 3.36. The van der Waals surface area contributed by atoms with Crippen molar-refractivity contribution in [3.63, 3.8) is 0 Å². The van der Waals surface area contributed by atoms with Gasteiger partial charge in [0.25, 0.3) is 5.91 Å². The summed E-state index contributed by atoms with van der Waals surface area (Å²) in [5, 5.41) is 0. The first kappa shape index (κ1) is 18.4. The molecule has 0 aromatic heterocycles. The third kappa shape index (κ3) is 3.88. The first-order valence-corrected chi connectivity index (χ1v) is 8.98. The van der Waals surface area contributed by atoms with E-state index >= 15 is 0 Å². The van der Waals surface area contributed by atoms with E-state index in [1.54, 1.807) is 43.3 Å². The van der Waals surface area contributed by atoms with Crippen LogP contribution in [-0.4, -0.2) is 74.0 Å². The van der Waals surface area contributed by atoms with Gasteiger partial charge in [0.05, 0.1) is 17.4 Å². The van der Waals surface area contributed by atoms with Gasteiger partial charge in [0.15, 0.2) is 0 Å². The Morgan fingerprint density at radius 3 is 2.77 bits per heavy atom. The van der Waals surface area contributed by atoms with Crippen molar-refractivity contribution in [3.8, 4) is 0 Å². The molecule has 0 bridgehead atoms. The van der Waals surface area contributed by atoms with Gasteiger partial charge in [-0.2, -0.15) is 0 Å². The number of carbonyl (C=O) groups is 3. The zero-order valence-corrected chi connectivity index (χ0v) is 15.3. The first-order valence-electron chi connectivity index (χ1n) is 8.98. The maximum atomic E-state index is 12.8. The second kappa shape index (κ2) is 7.86. The average molecular weight is 359 g/mol. The van der Waals surface area contributed by atoms with Crippen LogP contribution in [0, 0.1) is 0 Å². The number of fused-ring (bicyclic) bond motifs is 1. The smallest absolute Gasteiger partial charge is 0.256 e. The molecule has 1 atom stereocenters. The zero-order chi connectivity index (χ0) is 18.7. The lowest BCUT2D eigenvalue weighted by atomic mass is 10.1. The minimum atomic E-state index is -0.297. The Morgan fingerprint density at radius 2 is 2.04 bits per heavy atom. The van der Waals surface area contributed by atoms with Crippen LogP contribution in [0.1, 0.15) is 29.6 Å². The highest BCUT2D eigenvalue weighted by molar-refractivity contribution is 6.10. The molecule has 1 saturated heterocycles. The van der Waals surface area contributed by atoms with Gasteiger partial charge in [-0.15, -0.1) is 0 Å². The number of carbonyl (C=O) groups excluding carboxylic acids is 3. The standard InChI is InChI=1S/C19H25N3O4/c1-20(11-14-7-5-6-10-26-14)17(23)12-22-13-18(24)21(2)16-9-4-3-8-15(16)19(22)25/h3-4,8-9,14H,5-7,10-13H2,1-2H3. The summed E-state index contributed by atoms with van der Waals surface area (Å²) >= 11 is 0. The number of nitrogens with zero attached hydrogens (tertiary/aromatic N) is 3. The topological polar surface area (TPSA) is 70.2 Å². The molecular formula is C19H25N3O4. The molecule has 26 heavy (non-hydrogen) atoms. The van der Waals surface area contributed by atoms with Crippen molar-refractivity contribution >= 4 is 23.4 Å². The summed E-state index contributed by atoms with van der Waals surface area (Å²) in [5.41, 5.74) is 1.01. The molecule has 0 N–H and O–H groups in total. The largest absolute Gasteiger partial charge is 0.376 e. The van der Waals surface area contributed by atoms with E-state index in [-0.39, 0.29) is 36.9 Å². The Labute approximate surface area is 153 Å². The normalized spacial score (nSPS) is 20.6. The van der Waals surface area contributed by atoms with Crippen molar-refractivity contribution in [2.24, 2.45) is 0 Å². The molecule has 140 valence electrons. The van der Waals surface area contributed by atoms with Crippen LogP contribution < -0.4 is 4.90 Å². The molecule has 0 radical (unpaired) electrons. The number of hydrogen-bond acceptors (Lipinski definition) is 4. The van der Waals surface area contributed by atoms with Gasteiger partial charge in [-0.05, 0) is 31.4 Å². The van der Waals surface area contributed by atoms with Gasteiger partial charge in [0.2, 0.25) is 11.8 Å². The van der Waals surface area contributed by atoms with E-state index in [2.05, 4.69) is 0 Å². The summed E-state index contributed by atoms with van der Waals surface area (Å²) in [7, 11) is 3.36. The van der Waals surface area contributed by atoms with Crippen LogP contribution in [0.3, 0.4) is 0 Å². The predicted octanol–water partition coefficient (Wildman–Crippen LogP) is 1.13. The zero-order valence-electron chi connectivity index (χ0n) is 15.3. The van der Waals surface area contributed by atoms with Crippen LogP contribution in [0.15, 0.2) is 24.3 Å². The van der Waals surface area contributed by atoms with Gasteiger partial charge in [-0.1, -0.05) is 12.1 Å². The van der Waals surface area contributed by atoms with Crippen molar-refractivity contribution in [1.29, 1.82) is 0 Å². The highest BCUT2D eigenvalue weighted by Gasteiger charge is 2.31. The van der Waals surface area contributed by atoms with Crippen LogP contribution in [0.25, 0.3) is 0 Å². The SMILES string of the molecule is CN(CC1CCCCO1)C(=O)CN1CC(=O)N(C)c2ccccc2C1=O. The number of likely N-dealkylation sites (N-methyl/N-ethyl adjacent to an activating group) is 2. The molecule has 2 heterocycles. The quantitative estimate of drug-likeness (QED) is 0.808. The lowest BCUT2D eigenvalue weighted by molar-refractivity contribution is -0.133. The minimum absolute atomic E-state index is 0.0472. The van der Waals surface area contributed by atoms with Gasteiger partial charge < -0.3 is 19.4 Å². The molecule has 7 nitrogen and oxygen atoms in total. The van der Waals surface area contributed by atoms with Gasteiger partial charge in [-0.25, -0.2) is 0 Å². The van der Waals surface area contributed by atoms with Crippen LogP contribution in [0.5, 0.6) is 0 Å². The maximum Gasteiger partial charge on any atom is 0.256 e.